The number of urea groups is 1. The van der Waals surface area contributed by atoms with Crippen LogP contribution in [0.2, 0.25) is 5.02 Å². The van der Waals surface area contributed by atoms with Crippen LogP contribution in [0.25, 0.3) is 16.9 Å². The van der Waals surface area contributed by atoms with Gasteiger partial charge < -0.3 is 16.4 Å². The normalized spacial score (nSPS) is 10.4. The Labute approximate surface area is 164 Å². The second-order valence-electron chi connectivity index (χ2n) is 5.64. The van der Waals surface area contributed by atoms with Crippen LogP contribution in [0.5, 0.6) is 0 Å². The third kappa shape index (κ3) is 3.89. The van der Waals surface area contributed by atoms with Crippen molar-refractivity contribution >= 4 is 29.1 Å². The quantitative estimate of drug-likeness (QED) is 0.581. The minimum Gasteiger partial charge on any atom is -0.382 e. The number of hydrogen-bond acceptors (Lipinski definition) is 3. The molecule has 0 bridgehead atoms. The Morgan fingerprint density at radius 3 is 2.64 bits per heavy atom. The van der Waals surface area contributed by atoms with Gasteiger partial charge in [-0.2, -0.15) is 5.10 Å². The first-order chi connectivity index (χ1) is 13.4. The summed E-state index contributed by atoms with van der Waals surface area (Å²) in [5.74, 6) is 0.773. The summed E-state index contributed by atoms with van der Waals surface area (Å²) in [6.07, 6.45) is 5.12. The third-order valence-electron chi connectivity index (χ3n) is 3.76. The van der Waals surface area contributed by atoms with Crippen LogP contribution in [0.1, 0.15) is 0 Å². The van der Waals surface area contributed by atoms with Crippen molar-refractivity contribution in [3.63, 3.8) is 0 Å². The first-order valence-electron chi connectivity index (χ1n) is 7.99. The second-order valence-corrected chi connectivity index (χ2v) is 6.07. The molecule has 2 amide bonds. The Bertz CT molecular complexity index is 1070. The predicted octanol–water partition coefficient (Wildman–Crippen LogP) is 3.81. The Morgan fingerprint density at radius 2 is 1.96 bits per heavy atom. The number of nitrogen functional groups attached to an aromatic ring is 1. The van der Waals surface area contributed by atoms with Crippen molar-refractivity contribution in [1.82, 2.24) is 15.1 Å². The fourth-order valence-electron chi connectivity index (χ4n) is 2.48. The lowest BCUT2D eigenvalue weighted by Gasteiger charge is -2.08. The monoisotopic (exact) mass is 401 g/mol. The number of carbonyl (C=O) groups is 1. The van der Waals surface area contributed by atoms with Crippen molar-refractivity contribution in [2.75, 3.05) is 17.6 Å². The minimum absolute atomic E-state index is 0.00528. The average Bonchev–Trinajstić information content (AvgIpc) is 2.99. The number of nitrogens with one attached hydrogen (secondary N) is 2. The van der Waals surface area contributed by atoms with E-state index in [0.29, 0.717) is 10.6 Å². The van der Waals surface area contributed by atoms with Gasteiger partial charge in [-0.25, -0.2) is 18.3 Å². The van der Waals surface area contributed by atoms with Crippen LogP contribution >= 0.6 is 11.6 Å². The largest absolute Gasteiger partial charge is 0.382 e. The van der Waals surface area contributed by atoms with E-state index < -0.39 is 17.7 Å². The van der Waals surface area contributed by atoms with Crippen molar-refractivity contribution < 1.29 is 13.6 Å². The summed E-state index contributed by atoms with van der Waals surface area (Å²) in [6, 6.07) is 8.81. The van der Waals surface area contributed by atoms with Gasteiger partial charge in [0.2, 0.25) is 0 Å². The highest BCUT2D eigenvalue weighted by Crippen LogP contribution is 2.35. The number of nitrogens with two attached hydrogens (primary N) is 1. The van der Waals surface area contributed by atoms with E-state index in [1.165, 1.54) is 0 Å². The Kier molecular flexibility index (Phi) is 5.47. The maximum absolute atomic E-state index is 14.2. The first kappa shape index (κ1) is 19.2. The molecule has 0 fully saturated rings. The zero-order chi connectivity index (χ0) is 20.3. The summed E-state index contributed by atoms with van der Waals surface area (Å²) in [6.45, 7) is -0.00528. The summed E-state index contributed by atoms with van der Waals surface area (Å²) in [5, 5.41) is 9.75. The van der Waals surface area contributed by atoms with Crippen LogP contribution in [-0.4, -0.2) is 22.4 Å². The number of halogens is 3. The first-order valence-corrected chi connectivity index (χ1v) is 8.36. The number of carbonyl (C=O) groups excluding carboxylic acids is 1. The number of benzene rings is 2. The summed E-state index contributed by atoms with van der Waals surface area (Å²) < 4.78 is 28.9. The van der Waals surface area contributed by atoms with Crippen molar-refractivity contribution in [2.24, 2.45) is 0 Å². The van der Waals surface area contributed by atoms with Gasteiger partial charge in [0.05, 0.1) is 6.54 Å². The number of hydrogen-bond donors (Lipinski definition) is 3. The molecule has 1 heterocycles. The van der Waals surface area contributed by atoms with Crippen molar-refractivity contribution in [3.8, 4) is 29.3 Å². The lowest BCUT2D eigenvalue weighted by molar-refractivity contribution is 0.253. The molecule has 0 saturated carbocycles. The smallest absolute Gasteiger partial charge is 0.320 e. The average molecular weight is 402 g/mol. The van der Waals surface area contributed by atoms with Crippen LogP contribution < -0.4 is 16.4 Å². The topological polar surface area (TPSA) is 85.0 Å². The Morgan fingerprint density at radius 1 is 1.25 bits per heavy atom. The van der Waals surface area contributed by atoms with Crippen LogP contribution in [0.4, 0.5) is 25.1 Å². The molecular weight excluding hydrogens is 388 g/mol. The van der Waals surface area contributed by atoms with Gasteiger partial charge in [-0.05, 0) is 24.3 Å². The van der Waals surface area contributed by atoms with Crippen LogP contribution in [0.15, 0.2) is 42.5 Å². The van der Waals surface area contributed by atoms with Gasteiger partial charge in [-0.1, -0.05) is 29.7 Å². The van der Waals surface area contributed by atoms with E-state index in [1.807, 2.05) is 0 Å². The molecule has 28 heavy (non-hydrogen) atoms. The van der Waals surface area contributed by atoms with E-state index >= 15 is 0 Å². The van der Waals surface area contributed by atoms with Gasteiger partial charge in [0, 0.05) is 16.7 Å². The maximum atomic E-state index is 14.2. The van der Waals surface area contributed by atoms with Gasteiger partial charge >= 0.3 is 6.03 Å². The SMILES string of the molecule is C#CCNC(=O)Nc1c(-c2ccc(Cl)cc2)nn(-c2cc(F)ccc2F)c1N. The highest BCUT2D eigenvalue weighted by atomic mass is 35.5. The van der Waals surface area contributed by atoms with E-state index in [9.17, 15) is 13.6 Å². The summed E-state index contributed by atoms with van der Waals surface area (Å²) in [7, 11) is 0. The third-order valence-corrected chi connectivity index (χ3v) is 4.02. The molecule has 0 spiro atoms. The van der Waals surface area contributed by atoms with E-state index in [1.54, 1.807) is 24.3 Å². The van der Waals surface area contributed by atoms with Crippen molar-refractivity contribution in [3.05, 3.63) is 59.1 Å². The summed E-state index contributed by atoms with van der Waals surface area (Å²) >= 11 is 5.91. The Hall–Kier alpha value is -3.57. The predicted molar refractivity (Wildman–Crippen MR) is 104 cm³/mol. The molecule has 0 atom stereocenters. The molecule has 0 aliphatic heterocycles. The van der Waals surface area contributed by atoms with Crippen LogP contribution in [0.3, 0.4) is 0 Å². The molecule has 0 saturated heterocycles. The van der Waals surface area contributed by atoms with Crippen LogP contribution in [-0.2, 0) is 0 Å². The van der Waals surface area contributed by atoms with Gasteiger partial charge in [0.15, 0.2) is 5.82 Å². The van der Waals surface area contributed by atoms with Gasteiger partial charge in [0.1, 0.15) is 28.7 Å². The summed E-state index contributed by atoms with van der Waals surface area (Å²) in [4.78, 5) is 12.1. The highest BCUT2D eigenvalue weighted by molar-refractivity contribution is 6.30. The zero-order valence-electron chi connectivity index (χ0n) is 14.3. The maximum Gasteiger partial charge on any atom is 0.320 e. The lowest BCUT2D eigenvalue weighted by Crippen LogP contribution is -2.29. The minimum atomic E-state index is -0.735. The summed E-state index contributed by atoms with van der Waals surface area (Å²) in [5.41, 5.74) is 6.81. The van der Waals surface area contributed by atoms with E-state index in [2.05, 4.69) is 21.7 Å². The molecule has 0 unspecified atom stereocenters. The standard InChI is InChI=1S/C19H14ClF2N5O/c1-2-9-24-19(28)25-17-16(11-3-5-12(20)6-4-11)26-27(18(17)23)15-10-13(21)7-8-14(15)22/h1,3-8,10H,9,23H2,(H2,24,25,28). The number of rotatable bonds is 4. The molecule has 3 aromatic rings. The molecule has 9 heteroatoms. The fourth-order valence-corrected chi connectivity index (χ4v) is 2.61. The van der Waals surface area contributed by atoms with Crippen molar-refractivity contribution in [1.29, 1.82) is 0 Å². The van der Waals surface area contributed by atoms with Gasteiger partial charge in [-0.15, -0.1) is 6.42 Å². The number of amides is 2. The van der Waals surface area contributed by atoms with Crippen LogP contribution in [0, 0.1) is 24.0 Å². The molecule has 1 aromatic heterocycles. The highest BCUT2D eigenvalue weighted by Gasteiger charge is 2.22. The molecule has 4 N–H and O–H groups in total. The molecule has 142 valence electrons. The zero-order valence-corrected chi connectivity index (χ0v) is 15.1. The number of aromatic nitrogens is 2. The van der Waals surface area contributed by atoms with E-state index in [4.69, 9.17) is 23.8 Å². The molecule has 0 radical (unpaired) electrons. The fraction of sp³-hybridized carbons (Fsp3) is 0.0526. The molecule has 0 aliphatic carbocycles. The Balaban J connectivity index is 2.14. The lowest BCUT2D eigenvalue weighted by atomic mass is 10.1. The van der Waals surface area contributed by atoms with Gasteiger partial charge in [0.25, 0.3) is 0 Å². The molecule has 2 aromatic carbocycles. The molecular formula is C19H14ClF2N5O. The second kappa shape index (κ2) is 7.98. The van der Waals surface area contributed by atoms with Crippen molar-refractivity contribution in [2.45, 2.75) is 0 Å². The molecule has 6 nitrogen and oxygen atoms in total. The van der Waals surface area contributed by atoms with Gasteiger partial charge in [-0.3, -0.25) is 0 Å². The van der Waals surface area contributed by atoms with E-state index in [0.717, 1.165) is 22.9 Å². The molecule has 3 rings (SSSR count). The van der Waals surface area contributed by atoms with E-state index in [-0.39, 0.29) is 29.4 Å². The number of nitrogens with zero attached hydrogens (tertiary/aromatic N) is 2. The molecule has 0 aliphatic rings. The number of terminal acetylenes is 1. The number of anilines is 2.